The number of likely N-dealkylation sites (tertiary alicyclic amines) is 1. The Balaban J connectivity index is 1.79. The number of hydrogen-bond donors (Lipinski definition) is 1. The number of fused-ring (bicyclic) bond motifs is 1. The highest BCUT2D eigenvalue weighted by Gasteiger charge is 2.16. The van der Waals surface area contributed by atoms with Crippen LogP contribution in [-0.4, -0.2) is 35.6 Å². The molecule has 1 saturated heterocycles. The van der Waals surface area contributed by atoms with Crippen molar-refractivity contribution in [3.05, 3.63) is 40.0 Å². The maximum atomic E-state index is 6.35. The first kappa shape index (κ1) is 15.0. The van der Waals surface area contributed by atoms with Gasteiger partial charge in [0, 0.05) is 29.2 Å². The largest absolute Gasteiger partial charge is 0.328 e. The van der Waals surface area contributed by atoms with E-state index in [1.807, 2.05) is 18.2 Å². The zero-order valence-electron chi connectivity index (χ0n) is 11.9. The van der Waals surface area contributed by atoms with Gasteiger partial charge in [-0.2, -0.15) is 0 Å². The zero-order valence-corrected chi connectivity index (χ0v) is 13.4. The van der Waals surface area contributed by atoms with E-state index < -0.39 is 0 Å². The van der Waals surface area contributed by atoms with Crippen LogP contribution >= 0.6 is 23.2 Å². The third-order valence-corrected chi connectivity index (χ3v) is 4.76. The molecule has 0 atom stereocenters. The molecule has 1 aromatic heterocycles. The molecule has 5 heteroatoms. The van der Waals surface area contributed by atoms with Crippen LogP contribution in [0.5, 0.6) is 0 Å². The Labute approximate surface area is 135 Å². The van der Waals surface area contributed by atoms with Gasteiger partial charge in [0.2, 0.25) is 0 Å². The second-order valence-electron chi connectivity index (χ2n) is 5.68. The SMILES string of the molecule is NC1CCN(CCc2c(Cl)cnc3ccc(Cl)cc23)CC1. The molecule has 2 aromatic rings. The first-order valence-corrected chi connectivity index (χ1v) is 8.09. The van der Waals surface area contributed by atoms with Crippen molar-refractivity contribution in [2.24, 2.45) is 5.73 Å². The molecule has 0 bridgehead atoms. The smallest absolute Gasteiger partial charge is 0.0706 e. The standard InChI is InChI=1S/C16H19Cl2N3/c17-11-1-2-16-14(9-11)13(15(18)10-20-16)5-8-21-6-3-12(19)4-7-21/h1-2,9-10,12H,3-8,19H2. The summed E-state index contributed by atoms with van der Waals surface area (Å²) in [5.41, 5.74) is 8.03. The number of hydrogen-bond acceptors (Lipinski definition) is 3. The van der Waals surface area contributed by atoms with Crippen LogP contribution in [0.2, 0.25) is 10.0 Å². The highest BCUT2D eigenvalue weighted by atomic mass is 35.5. The third-order valence-electron chi connectivity index (χ3n) is 4.20. The van der Waals surface area contributed by atoms with Gasteiger partial charge in [-0.25, -0.2) is 0 Å². The fourth-order valence-electron chi connectivity index (χ4n) is 2.90. The average Bonchev–Trinajstić information content (AvgIpc) is 2.48. The summed E-state index contributed by atoms with van der Waals surface area (Å²) in [4.78, 5) is 6.82. The fraction of sp³-hybridized carbons (Fsp3) is 0.438. The summed E-state index contributed by atoms with van der Waals surface area (Å²) in [5, 5.41) is 2.50. The monoisotopic (exact) mass is 323 g/mol. The lowest BCUT2D eigenvalue weighted by molar-refractivity contribution is 0.216. The van der Waals surface area contributed by atoms with E-state index >= 15 is 0 Å². The highest BCUT2D eigenvalue weighted by molar-refractivity contribution is 6.33. The summed E-state index contributed by atoms with van der Waals surface area (Å²) < 4.78 is 0. The second kappa shape index (κ2) is 6.49. The number of nitrogens with two attached hydrogens (primary N) is 1. The molecule has 1 fully saturated rings. The van der Waals surface area contributed by atoms with E-state index in [2.05, 4.69) is 9.88 Å². The van der Waals surface area contributed by atoms with E-state index in [-0.39, 0.29) is 0 Å². The molecule has 3 nitrogen and oxygen atoms in total. The molecule has 1 aliphatic rings. The third kappa shape index (κ3) is 3.49. The van der Waals surface area contributed by atoms with E-state index in [1.165, 1.54) is 0 Å². The number of nitrogens with zero attached hydrogens (tertiary/aromatic N) is 2. The van der Waals surface area contributed by atoms with Crippen molar-refractivity contribution < 1.29 is 0 Å². The predicted octanol–water partition coefficient (Wildman–Crippen LogP) is 3.51. The molecule has 0 amide bonds. The highest BCUT2D eigenvalue weighted by Crippen LogP contribution is 2.27. The van der Waals surface area contributed by atoms with Crippen LogP contribution in [0.4, 0.5) is 0 Å². The normalized spacial score (nSPS) is 17.5. The van der Waals surface area contributed by atoms with E-state index in [0.29, 0.717) is 6.04 Å². The molecule has 0 aliphatic carbocycles. The van der Waals surface area contributed by atoms with Crippen molar-refractivity contribution >= 4 is 34.1 Å². The van der Waals surface area contributed by atoms with Crippen LogP contribution in [0.25, 0.3) is 10.9 Å². The molecular formula is C16H19Cl2N3. The van der Waals surface area contributed by atoms with E-state index in [9.17, 15) is 0 Å². The summed E-state index contributed by atoms with van der Waals surface area (Å²) in [7, 11) is 0. The van der Waals surface area contributed by atoms with Crippen LogP contribution in [0.3, 0.4) is 0 Å². The maximum absolute atomic E-state index is 6.35. The molecule has 2 N–H and O–H groups in total. The predicted molar refractivity (Wildman–Crippen MR) is 89.1 cm³/mol. The van der Waals surface area contributed by atoms with Crippen LogP contribution in [0.15, 0.2) is 24.4 Å². The summed E-state index contributed by atoms with van der Waals surface area (Å²) in [6, 6.07) is 6.13. The van der Waals surface area contributed by atoms with Crippen molar-refractivity contribution in [3.8, 4) is 0 Å². The Kier molecular flexibility index (Phi) is 4.65. The van der Waals surface area contributed by atoms with Crippen molar-refractivity contribution in [1.29, 1.82) is 0 Å². The Bertz CT molecular complexity index is 631. The molecule has 0 saturated carbocycles. The van der Waals surface area contributed by atoms with E-state index in [0.717, 1.165) is 65.4 Å². The van der Waals surface area contributed by atoms with E-state index in [1.54, 1.807) is 6.20 Å². The van der Waals surface area contributed by atoms with E-state index in [4.69, 9.17) is 28.9 Å². The first-order chi connectivity index (χ1) is 10.1. The van der Waals surface area contributed by atoms with Gasteiger partial charge in [0.15, 0.2) is 0 Å². The van der Waals surface area contributed by atoms with Gasteiger partial charge in [-0.3, -0.25) is 4.98 Å². The van der Waals surface area contributed by atoms with Gasteiger partial charge in [0.05, 0.1) is 10.5 Å². The van der Waals surface area contributed by atoms with Crippen molar-refractivity contribution in [2.75, 3.05) is 19.6 Å². The molecule has 0 spiro atoms. The lowest BCUT2D eigenvalue weighted by Crippen LogP contribution is -2.40. The van der Waals surface area contributed by atoms with Crippen LogP contribution < -0.4 is 5.73 Å². The number of aromatic nitrogens is 1. The van der Waals surface area contributed by atoms with Crippen LogP contribution in [0, 0.1) is 0 Å². The zero-order chi connectivity index (χ0) is 14.8. The minimum absolute atomic E-state index is 0.366. The summed E-state index contributed by atoms with van der Waals surface area (Å²) in [6.45, 7) is 3.14. The molecule has 1 aliphatic heterocycles. The lowest BCUT2D eigenvalue weighted by atomic mass is 10.0. The van der Waals surface area contributed by atoms with Gasteiger partial charge >= 0.3 is 0 Å². The molecule has 0 unspecified atom stereocenters. The van der Waals surface area contributed by atoms with Gasteiger partial charge in [0.1, 0.15) is 0 Å². The summed E-state index contributed by atoms with van der Waals surface area (Å²) >= 11 is 12.5. The van der Waals surface area contributed by atoms with Crippen LogP contribution in [-0.2, 0) is 6.42 Å². The quantitative estimate of drug-likeness (QED) is 0.939. The first-order valence-electron chi connectivity index (χ1n) is 7.34. The molecular weight excluding hydrogens is 305 g/mol. The Morgan fingerprint density at radius 1 is 1.24 bits per heavy atom. The Hall–Kier alpha value is -0.870. The molecule has 21 heavy (non-hydrogen) atoms. The minimum atomic E-state index is 0.366. The number of piperidine rings is 1. The summed E-state index contributed by atoms with van der Waals surface area (Å²) in [5.74, 6) is 0. The number of benzene rings is 1. The summed E-state index contributed by atoms with van der Waals surface area (Å²) in [6.07, 6.45) is 4.81. The number of halogens is 2. The molecule has 1 aromatic carbocycles. The van der Waals surface area contributed by atoms with Gasteiger partial charge in [-0.1, -0.05) is 23.2 Å². The Morgan fingerprint density at radius 3 is 2.76 bits per heavy atom. The molecule has 0 radical (unpaired) electrons. The van der Waals surface area contributed by atoms with Crippen LogP contribution in [0.1, 0.15) is 18.4 Å². The van der Waals surface area contributed by atoms with Gasteiger partial charge in [-0.05, 0) is 56.1 Å². The Morgan fingerprint density at radius 2 is 2.00 bits per heavy atom. The van der Waals surface area contributed by atoms with Gasteiger partial charge in [0.25, 0.3) is 0 Å². The van der Waals surface area contributed by atoms with Crippen molar-refractivity contribution in [1.82, 2.24) is 9.88 Å². The lowest BCUT2D eigenvalue weighted by Gasteiger charge is -2.30. The molecule has 112 valence electrons. The number of rotatable bonds is 3. The number of pyridine rings is 1. The second-order valence-corrected chi connectivity index (χ2v) is 6.52. The maximum Gasteiger partial charge on any atom is 0.0706 e. The van der Waals surface area contributed by atoms with Gasteiger partial charge in [-0.15, -0.1) is 0 Å². The topological polar surface area (TPSA) is 42.1 Å². The van der Waals surface area contributed by atoms with Crippen molar-refractivity contribution in [2.45, 2.75) is 25.3 Å². The minimum Gasteiger partial charge on any atom is -0.328 e. The van der Waals surface area contributed by atoms with Crippen molar-refractivity contribution in [3.63, 3.8) is 0 Å². The molecule has 3 rings (SSSR count). The fourth-order valence-corrected chi connectivity index (χ4v) is 3.31. The average molecular weight is 324 g/mol. The molecule has 2 heterocycles. The van der Waals surface area contributed by atoms with Gasteiger partial charge < -0.3 is 10.6 Å².